The van der Waals surface area contributed by atoms with Crippen molar-refractivity contribution in [1.29, 1.82) is 0 Å². The number of rotatable bonds is 11. The molecule has 1 unspecified atom stereocenters. The Morgan fingerprint density at radius 2 is 1.44 bits per heavy atom. The molecule has 1 atom stereocenters. The molecule has 2 nitrogen and oxygen atoms in total. The highest BCUT2D eigenvalue weighted by Crippen LogP contribution is 2.14. The minimum atomic E-state index is -0.870. The Kier molecular flexibility index (Phi) is 10.6. The Hall–Kier alpha value is -0.530. The molecule has 0 aliphatic carbocycles. The first-order chi connectivity index (χ1) is 7.72. The first-order valence-electron chi connectivity index (χ1n) is 6.93. The molecule has 0 aromatic heterocycles. The highest BCUT2D eigenvalue weighted by atomic mass is 16.4. The van der Waals surface area contributed by atoms with Gasteiger partial charge in [0, 0.05) is 5.97 Å². The third-order valence-electron chi connectivity index (χ3n) is 3.23. The molecule has 2 heteroatoms. The topological polar surface area (TPSA) is 40.1 Å². The maximum atomic E-state index is 10.7. The lowest BCUT2D eigenvalue weighted by molar-refractivity contribution is -0.311. The molecule has 0 fully saturated rings. The van der Waals surface area contributed by atoms with E-state index in [1.165, 1.54) is 44.9 Å². The monoisotopic (exact) mass is 227 g/mol. The maximum absolute atomic E-state index is 10.7. The zero-order valence-electron chi connectivity index (χ0n) is 11.0. The van der Waals surface area contributed by atoms with Gasteiger partial charge in [-0.25, -0.2) is 0 Å². The fourth-order valence-corrected chi connectivity index (χ4v) is 2.01. The molecule has 0 saturated heterocycles. The smallest absolute Gasteiger partial charge is 0.0445 e. The molecule has 0 aromatic carbocycles. The van der Waals surface area contributed by atoms with Gasteiger partial charge in [0.1, 0.15) is 0 Å². The largest absolute Gasteiger partial charge is 0.550 e. The van der Waals surface area contributed by atoms with Crippen LogP contribution in [0.2, 0.25) is 0 Å². The second kappa shape index (κ2) is 11.0. The number of carbonyl (C=O) groups excluding carboxylic acids is 1. The van der Waals surface area contributed by atoms with Crippen LogP contribution >= 0.6 is 0 Å². The van der Waals surface area contributed by atoms with Gasteiger partial charge in [-0.1, -0.05) is 65.2 Å². The van der Waals surface area contributed by atoms with Gasteiger partial charge in [-0.2, -0.15) is 0 Å². The molecule has 0 radical (unpaired) electrons. The van der Waals surface area contributed by atoms with Crippen molar-refractivity contribution >= 4 is 5.97 Å². The summed E-state index contributed by atoms with van der Waals surface area (Å²) < 4.78 is 0. The van der Waals surface area contributed by atoms with Crippen LogP contribution in [-0.2, 0) is 4.79 Å². The normalized spacial score (nSPS) is 12.6. The SMILES string of the molecule is CCCCCCCCCCC(CC)C(=O)[O-]. The molecule has 0 aromatic rings. The first kappa shape index (κ1) is 15.5. The van der Waals surface area contributed by atoms with E-state index in [9.17, 15) is 9.90 Å². The van der Waals surface area contributed by atoms with Crippen molar-refractivity contribution in [2.45, 2.75) is 78.1 Å². The molecule has 0 N–H and O–H groups in total. The van der Waals surface area contributed by atoms with E-state index < -0.39 is 5.97 Å². The number of hydrogen-bond acceptors (Lipinski definition) is 2. The summed E-state index contributed by atoms with van der Waals surface area (Å²) in [6.45, 7) is 4.15. The summed E-state index contributed by atoms with van der Waals surface area (Å²) in [5.41, 5.74) is 0. The van der Waals surface area contributed by atoms with Crippen molar-refractivity contribution in [2.75, 3.05) is 0 Å². The zero-order valence-corrected chi connectivity index (χ0v) is 11.0. The highest BCUT2D eigenvalue weighted by Gasteiger charge is 2.05. The molecule has 0 aliphatic heterocycles. The van der Waals surface area contributed by atoms with Crippen molar-refractivity contribution in [1.82, 2.24) is 0 Å². The van der Waals surface area contributed by atoms with Crippen molar-refractivity contribution < 1.29 is 9.90 Å². The van der Waals surface area contributed by atoms with Crippen LogP contribution in [0.4, 0.5) is 0 Å². The van der Waals surface area contributed by atoms with Crippen LogP contribution in [0.1, 0.15) is 78.1 Å². The first-order valence-corrected chi connectivity index (χ1v) is 6.93. The van der Waals surface area contributed by atoms with E-state index in [-0.39, 0.29) is 5.92 Å². The van der Waals surface area contributed by atoms with Crippen LogP contribution in [0.3, 0.4) is 0 Å². The third kappa shape index (κ3) is 8.75. The Balaban J connectivity index is 3.22. The molecular formula is C14H27O2-. The lowest BCUT2D eigenvalue weighted by Crippen LogP contribution is -2.30. The zero-order chi connectivity index (χ0) is 12.2. The van der Waals surface area contributed by atoms with Crippen LogP contribution < -0.4 is 5.11 Å². The second-order valence-corrected chi connectivity index (χ2v) is 4.69. The summed E-state index contributed by atoms with van der Waals surface area (Å²) in [6.07, 6.45) is 11.6. The minimum Gasteiger partial charge on any atom is -0.550 e. The van der Waals surface area contributed by atoms with Crippen LogP contribution in [0.25, 0.3) is 0 Å². The molecule has 0 spiro atoms. The minimum absolute atomic E-state index is 0.222. The van der Waals surface area contributed by atoms with Crippen LogP contribution in [-0.4, -0.2) is 5.97 Å². The van der Waals surface area contributed by atoms with E-state index in [1.807, 2.05) is 6.92 Å². The lowest BCUT2D eigenvalue weighted by atomic mass is 9.98. The van der Waals surface area contributed by atoms with Gasteiger partial charge in [0.15, 0.2) is 0 Å². The van der Waals surface area contributed by atoms with Crippen molar-refractivity contribution in [3.8, 4) is 0 Å². The Morgan fingerprint density at radius 3 is 1.88 bits per heavy atom. The molecule has 0 heterocycles. The van der Waals surface area contributed by atoms with Crippen molar-refractivity contribution in [3.63, 3.8) is 0 Å². The van der Waals surface area contributed by atoms with Crippen LogP contribution in [0, 0.1) is 5.92 Å². The van der Waals surface area contributed by atoms with E-state index in [1.54, 1.807) is 0 Å². The molecular weight excluding hydrogens is 200 g/mol. The molecule has 16 heavy (non-hydrogen) atoms. The molecule has 0 rings (SSSR count). The molecule has 0 amide bonds. The van der Waals surface area contributed by atoms with E-state index in [4.69, 9.17) is 0 Å². The Morgan fingerprint density at radius 1 is 0.938 bits per heavy atom. The maximum Gasteiger partial charge on any atom is 0.0445 e. The predicted octanol–water partition coefficient (Wildman–Crippen LogP) is 3.29. The second-order valence-electron chi connectivity index (χ2n) is 4.69. The number of carboxylic acid groups (broad SMARTS) is 1. The summed E-state index contributed by atoms with van der Waals surface area (Å²) in [7, 11) is 0. The van der Waals surface area contributed by atoms with E-state index >= 15 is 0 Å². The molecule has 96 valence electrons. The van der Waals surface area contributed by atoms with Gasteiger partial charge in [0.2, 0.25) is 0 Å². The average Bonchev–Trinajstić information content (AvgIpc) is 2.26. The predicted molar refractivity (Wildman–Crippen MR) is 66.0 cm³/mol. The number of hydrogen-bond donors (Lipinski definition) is 0. The number of carbonyl (C=O) groups is 1. The Bertz CT molecular complexity index is 166. The molecule has 0 aliphatic rings. The fourth-order valence-electron chi connectivity index (χ4n) is 2.01. The highest BCUT2D eigenvalue weighted by molar-refractivity contribution is 5.67. The Labute approximate surface area is 100 Å². The fraction of sp³-hybridized carbons (Fsp3) is 0.929. The van der Waals surface area contributed by atoms with Gasteiger partial charge in [0.05, 0.1) is 0 Å². The van der Waals surface area contributed by atoms with Gasteiger partial charge in [-0.3, -0.25) is 0 Å². The number of carboxylic acids is 1. The summed E-state index contributed by atoms with van der Waals surface area (Å²) in [4.78, 5) is 10.7. The summed E-state index contributed by atoms with van der Waals surface area (Å²) in [5, 5.41) is 10.7. The van der Waals surface area contributed by atoms with Crippen molar-refractivity contribution in [2.24, 2.45) is 5.92 Å². The molecule has 0 saturated carbocycles. The number of aliphatic carboxylic acids is 1. The summed E-state index contributed by atoms with van der Waals surface area (Å²) in [5.74, 6) is -1.09. The van der Waals surface area contributed by atoms with Crippen LogP contribution in [0.15, 0.2) is 0 Å². The van der Waals surface area contributed by atoms with Gasteiger partial charge in [0.25, 0.3) is 0 Å². The van der Waals surface area contributed by atoms with E-state index in [0.29, 0.717) is 6.42 Å². The third-order valence-corrected chi connectivity index (χ3v) is 3.23. The van der Waals surface area contributed by atoms with E-state index in [2.05, 4.69) is 6.92 Å². The summed E-state index contributed by atoms with van der Waals surface area (Å²) >= 11 is 0. The van der Waals surface area contributed by atoms with Crippen molar-refractivity contribution in [3.05, 3.63) is 0 Å². The summed E-state index contributed by atoms with van der Waals surface area (Å²) in [6, 6.07) is 0. The van der Waals surface area contributed by atoms with Gasteiger partial charge in [-0.15, -0.1) is 0 Å². The standard InChI is InChI=1S/C14H28O2/c1-3-5-6-7-8-9-10-11-12-13(4-2)14(15)16/h13H,3-12H2,1-2H3,(H,15,16)/p-1. The van der Waals surface area contributed by atoms with E-state index in [0.717, 1.165) is 12.8 Å². The van der Waals surface area contributed by atoms with Gasteiger partial charge in [-0.05, 0) is 18.8 Å². The quantitative estimate of drug-likeness (QED) is 0.508. The van der Waals surface area contributed by atoms with Gasteiger partial charge >= 0.3 is 0 Å². The molecule has 0 bridgehead atoms. The van der Waals surface area contributed by atoms with Gasteiger partial charge < -0.3 is 9.90 Å². The average molecular weight is 227 g/mol. The lowest BCUT2D eigenvalue weighted by Gasteiger charge is -2.15. The number of unbranched alkanes of at least 4 members (excludes halogenated alkanes) is 7. The van der Waals surface area contributed by atoms with Crippen LogP contribution in [0.5, 0.6) is 0 Å².